The summed E-state index contributed by atoms with van der Waals surface area (Å²) in [6.45, 7) is 3.94. The smallest absolute Gasteiger partial charge is 0.0568 e. The van der Waals surface area contributed by atoms with Crippen LogP contribution in [0.4, 0.5) is 17.1 Å². The number of anilines is 3. The van der Waals surface area contributed by atoms with Gasteiger partial charge in [0.1, 0.15) is 0 Å². The van der Waals surface area contributed by atoms with E-state index in [4.69, 9.17) is 11.5 Å². The fourth-order valence-electron chi connectivity index (χ4n) is 1.95. The van der Waals surface area contributed by atoms with Crippen LogP contribution >= 0.6 is 0 Å². The summed E-state index contributed by atoms with van der Waals surface area (Å²) in [5.74, 6) is 0. The van der Waals surface area contributed by atoms with E-state index in [-0.39, 0.29) is 0 Å². The van der Waals surface area contributed by atoms with E-state index in [1.807, 2.05) is 24.3 Å². The molecule has 0 amide bonds. The van der Waals surface area contributed by atoms with Gasteiger partial charge in [-0.2, -0.15) is 0 Å². The molecule has 0 bridgehead atoms. The second kappa shape index (κ2) is 5.45. The van der Waals surface area contributed by atoms with E-state index in [9.17, 15) is 0 Å². The van der Waals surface area contributed by atoms with Crippen LogP contribution in [0.3, 0.4) is 0 Å². The highest BCUT2D eigenvalue weighted by Crippen LogP contribution is 2.24. The molecule has 0 aromatic heterocycles. The largest absolute Gasteiger partial charge is 0.397 e. The highest BCUT2D eigenvalue weighted by atomic mass is 15.1. The predicted molar refractivity (Wildman–Crippen MR) is 78.4 cm³/mol. The van der Waals surface area contributed by atoms with Crippen LogP contribution < -0.4 is 16.4 Å². The highest BCUT2D eigenvalue weighted by molar-refractivity contribution is 5.69. The van der Waals surface area contributed by atoms with Gasteiger partial charge in [-0.05, 0) is 30.7 Å². The second-order valence-electron chi connectivity index (χ2n) is 4.31. The summed E-state index contributed by atoms with van der Waals surface area (Å²) in [5.41, 5.74) is 15.3. The molecule has 94 valence electrons. The third kappa shape index (κ3) is 2.74. The molecule has 3 nitrogen and oxygen atoms in total. The van der Waals surface area contributed by atoms with E-state index in [0.717, 1.165) is 18.8 Å². The monoisotopic (exact) mass is 241 g/mol. The molecule has 2 aromatic rings. The predicted octanol–water partition coefficient (Wildman–Crippen LogP) is 2.88. The molecule has 4 N–H and O–H groups in total. The number of hydrogen-bond donors (Lipinski definition) is 2. The lowest BCUT2D eigenvalue weighted by Crippen LogP contribution is -2.22. The Labute approximate surface area is 108 Å². The van der Waals surface area contributed by atoms with E-state index in [1.165, 1.54) is 5.56 Å². The molecule has 0 fully saturated rings. The normalized spacial score (nSPS) is 10.3. The van der Waals surface area contributed by atoms with Gasteiger partial charge in [0.2, 0.25) is 0 Å². The van der Waals surface area contributed by atoms with E-state index in [2.05, 4.69) is 36.1 Å². The summed E-state index contributed by atoms with van der Waals surface area (Å²) in [7, 11) is 0. The van der Waals surface area contributed by atoms with Gasteiger partial charge >= 0.3 is 0 Å². The Morgan fingerprint density at radius 2 is 1.67 bits per heavy atom. The average molecular weight is 241 g/mol. The number of hydrogen-bond acceptors (Lipinski definition) is 3. The number of nitrogen functional groups attached to an aromatic ring is 2. The van der Waals surface area contributed by atoms with Crippen LogP contribution in [0.1, 0.15) is 12.5 Å². The van der Waals surface area contributed by atoms with Gasteiger partial charge in [-0.1, -0.05) is 30.3 Å². The van der Waals surface area contributed by atoms with Crippen LogP contribution in [-0.4, -0.2) is 6.54 Å². The lowest BCUT2D eigenvalue weighted by Gasteiger charge is -2.24. The van der Waals surface area contributed by atoms with Gasteiger partial charge in [0, 0.05) is 18.8 Å². The number of rotatable bonds is 4. The molecule has 3 heteroatoms. The molecular weight excluding hydrogens is 222 g/mol. The summed E-state index contributed by atoms with van der Waals surface area (Å²) < 4.78 is 0. The van der Waals surface area contributed by atoms with Crippen molar-refractivity contribution in [3.63, 3.8) is 0 Å². The van der Waals surface area contributed by atoms with Crippen molar-refractivity contribution >= 4 is 17.1 Å². The Bertz CT molecular complexity index is 508. The molecule has 0 radical (unpaired) electrons. The van der Waals surface area contributed by atoms with Gasteiger partial charge in [-0.15, -0.1) is 0 Å². The molecule has 0 atom stereocenters. The molecule has 0 aliphatic rings. The third-order valence-electron chi connectivity index (χ3n) is 3.03. The Morgan fingerprint density at radius 3 is 2.28 bits per heavy atom. The van der Waals surface area contributed by atoms with Crippen LogP contribution in [0.2, 0.25) is 0 Å². The summed E-state index contributed by atoms with van der Waals surface area (Å²) in [5, 5.41) is 0. The van der Waals surface area contributed by atoms with Gasteiger partial charge in [0.05, 0.1) is 11.4 Å². The zero-order valence-electron chi connectivity index (χ0n) is 10.6. The minimum atomic E-state index is 0.634. The average Bonchev–Trinajstić information content (AvgIpc) is 2.40. The van der Waals surface area contributed by atoms with E-state index < -0.39 is 0 Å². The van der Waals surface area contributed by atoms with E-state index in [1.54, 1.807) is 0 Å². The molecule has 2 aromatic carbocycles. The molecule has 18 heavy (non-hydrogen) atoms. The fraction of sp³-hybridized carbons (Fsp3) is 0.200. The maximum Gasteiger partial charge on any atom is 0.0568 e. The Kier molecular flexibility index (Phi) is 3.72. The zero-order chi connectivity index (χ0) is 13.0. The van der Waals surface area contributed by atoms with E-state index >= 15 is 0 Å². The Hall–Kier alpha value is -2.16. The minimum Gasteiger partial charge on any atom is -0.397 e. The highest BCUT2D eigenvalue weighted by Gasteiger charge is 2.06. The first-order valence-corrected chi connectivity index (χ1v) is 6.14. The first-order valence-electron chi connectivity index (χ1n) is 6.14. The summed E-state index contributed by atoms with van der Waals surface area (Å²) in [6.07, 6.45) is 0. The maximum atomic E-state index is 5.85. The van der Waals surface area contributed by atoms with E-state index in [0.29, 0.717) is 11.4 Å². The molecule has 2 rings (SSSR count). The SMILES string of the molecule is CCN(Cc1ccccc1)c1ccc(N)c(N)c1. The van der Waals surface area contributed by atoms with Crippen molar-refractivity contribution in [2.75, 3.05) is 22.9 Å². The van der Waals surface area contributed by atoms with Crippen LogP contribution in [0.5, 0.6) is 0 Å². The first-order chi connectivity index (χ1) is 8.70. The minimum absolute atomic E-state index is 0.634. The van der Waals surface area contributed by atoms with Crippen LogP contribution in [0, 0.1) is 0 Å². The van der Waals surface area contributed by atoms with Crippen LogP contribution in [0.25, 0.3) is 0 Å². The van der Waals surface area contributed by atoms with Crippen molar-refractivity contribution < 1.29 is 0 Å². The fourth-order valence-corrected chi connectivity index (χ4v) is 1.95. The second-order valence-corrected chi connectivity index (χ2v) is 4.31. The van der Waals surface area contributed by atoms with Crippen LogP contribution in [-0.2, 0) is 6.54 Å². The Morgan fingerprint density at radius 1 is 0.944 bits per heavy atom. The molecular formula is C15H19N3. The van der Waals surface area contributed by atoms with Crippen LogP contribution in [0.15, 0.2) is 48.5 Å². The molecule has 0 saturated heterocycles. The molecule has 0 aliphatic heterocycles. The topological polar surface area (TPSA) is 55.3 Å². The number of nitrogens with two attached hydrogens (primary N) is 2. The van der Waals surface area contributed by atoms with Gasteiger partial charge in [-0.3, -0.25) is 0 Å². The molecule has 0 spiro atoms. The number of nitrogens with zero attached hydrogens (tertiary/aromatic N) is 1. The van der Waals surface area contributed by atoms with Gasteiger partial charge < -0.3 is 16.4 Å². The van der Waals surface area contributed by atoms with Gasteiger partial charge in [0.25, 0.3) is 0 Å². The van der Waals surface area contributed by atoms with Crippen molar-refractivity contribution in [2.45, 2.75) is 13.5 Å². The van der Waals surface area contributed by atoms with Gasteiger partial charge in [0.15, 0.2) is 0 Å². The lowest BCUT2D eigenvalue weighted by molar-refractivity contribution is 0.832. The van der Waals surface area contributed by atoms with Crippen molar-refractivity contribution in [3.8, 4) is 0 Å². The van der Waals surface area contributed by atoms with Crippen molar-refractivity contribution in [2.24, 2.45) is 0 Å². The standard InChI is InChI=1S/C15H19N3/c1-2-18(11-12-6-4-3-5-7-12)13-8-9-14(16)15(17)10-13/h3-10H,2,11,16-17H2,1H3. The molecule has 0 heterocycles. The first kappa shape index (κ1) is 12.3. The van der Waals surface area contributed by atoms with Crippen molar-refractivity contribution in [3.05, 3.63) is 54.1 Å². The molecule has 0 aliphatic carbocycles. The van der Waals surface area contributed by atoms with Gasteiger partial charge in [-0.25, -0.2) is 0 Å². The van der Waals surface area contributed by atoms with Crippen molar-refractivity contribution in [1.29, 1.82) is 0 Å². The van der Waals surface area contributed by atoms with Crippen molar-refractivity contribution in [1.82, 2.24) is 0 Å². The number of benzene rings is 2. The third-order valence-corrected chi connectivity index (χ3v) is 3.03. The quantitative estimate of drug-likeness (QED) is 0.809. The molecule has 0 unspecified atom stereocenters. The summed E-state index contributed by atoms with van der Waals surface area (Å²) in [6, 6.07) is 16.2. The lowest BCUT2D eigenvalue weighted by atomic mass is 10.2. The summed E-state index contributed by atoms with van der Waals surface area (Å²) in [4.78, 5) is 2.27. The maximum absolute atomic E-state index is 5.85. The Balaban J connectivity index is 2.20. The molecule has 0 saturated carbocycles. The zero-order valence-corrected chi connectivity index (χ0v) is 10.6. The summed E-state index contributed by atoms with van der Waals surface area (Å²) >= 11 is 0.